The van der Waals surface area contributed by atoms with E-state index in [1.807, 2.05) is 13.0 Å². The maximum absolute atomic E-state index is 15.1. The molecule has 0 nitrogen and oxygen atoms in total. The SMILES string of the molecule is CCc1ccc(-c2ccc3c(F)c(CCc4cc(F)c(Cl)c(F)c4)ccc3c2)c(F)c1. The Morgan fingerprint density at radius 3 is 2.10 bits per heavy atom. The van der Waals surface area contributed by atoms with Crippen LogP contribution in [0.3, 0.4) is 0 Å². The molecule has 0 atom stereocenters. The van der Waals surface area contributed by atoms with E-state index in [4.69, 9.17) is 11.6 Å². The predicted molar refractivity (Wildman–Crippen MR) is 117 cm³/mol. The van der Waals surface area contributed by atoms with Crippen LogP contribution in [0.1, 0.15) is 23.6 Å². The van der Waals surface area contributed by atoms with E-state index in [0.717, 1.165) is 24.1 Å². The second-order valence-electron chi connectivity index (χ2n) is 7.52. The summed E-state index contributed by atoms with van der Waals surface area (Å²) in [7, 11) is 0. The van der Waals surface area contributed by atoms with Crippen molar-refractivity contribution in [2.45, 2.75) is 26.2 Å². The lowest BCUT2D eigenvalue weighted by Gasteiger charge is -2.10. The van der Waals surface area contributed by atoms with Crippen LogP contribution < -0.4 is 0 Å². The molecule has 5 heteroatoms. The Kier molecular flexibility index (Phi) is 6.01. The molecule has 158 valence electrons. The molecule has 0 fully saturated rings. The molecule has 0 saturated heterocycles. The highest BCUT2D eigenvalue weighted by atomic mass is 35.5. The van der Waals surface area contributed by atoms with Crippen molar-refractivity contribution < 1.29 is 17.6 Å². The summed E-state index contributed by atoms with van der Waals surface area (Å²) in [5, 5.41) is 0.527. The summed E-state index contributed by atoms with van der Waals surface area (Å²) in [5.74, 6) is -2.36. The molecule has 4 aromatic carbocycles. The third kappa shape index (κ3) is 4.31. The Balaban J connectivity index is 1.62. The van der Waals surface area contributed by atoms with Crippen molar-refractivity contribution in [3.8, 4) is 11.1 Å². The van der Waals surface area contributed by atoms with E-state index < -0.39 is 16.7 Å². The van der Waals surface area contributed by atoms with E-state index in [1.54, 1.807) is 36.4 Å². The van der Waals surface area contributed by atoms with Crippen LogP contribution in [0.4, 0.5) is 17.6 Å². The van der Waals surface area contributed by atoms with Crippen molar-refractivity contribution in [3.05, 3.63) is 106 Å². The minimum absolute atomic E-state index is 0.264. The Morgan fingerprint density at radius 2 is 1.42 bits per heavy atom. The fourth-order valence-electron chi connectivity index (χ4n) is 3.74. The molecule has 0 radical (unpaired) electrons. The predicted octanol–water partition coefficient (Wildman–Crippen LogP) is 8.06. The Labute approximate surface area is 183 Å². The zero-order valence-corrected chi connectivity index (χ0v) is 17.5. The molecule has 0 aliphatic carbocycles. The van der Waals surface area contributed by atoms with Gasteiger partial charge in [-0.3, -0.25) is 0 Å². The van der Waals surface area contributed by atoms with Crippen LogP contribution >= 0.6 is 11.6 Å². The maximum Gasteiger partial charge on any atom is 0.145 e. The van der Waals surface area contributed by atoms with Gasteiger partial charge in [0.25, 0.3) is 0 Å². The van der Waals surface area contributed by atoms with Crippen molar-refractivity contribution in [1.82, 2.24) is 0 Å². The molecule has 0 heterocycles. The lowest BCUT2D eigenvalue weighted by molar-refractivity contribution is 0.579. The highest BCUT2D eigenvalue weighted by Gasteiger charge is 2.13. The van der Waals surface area contributed by atoms with Gasteiger partial charge in [0.15, 0.2) is 0 Å². The number of benzene rings is 4. The van der Waals surface area contributed by atoms with Gasteiger partial charge >= 0.3 is 0 Å². The minimum atomic E-state index is -0.831. The van der Waals surface area contributed by atoms with E-state index in [1.165, 1.54) is 6.07 Å². The smallest absolute Gasteiger partial charge is 0.145 e. The average Bonchev–Trinajstić information content (AvgIpc) is 2.76. The van der Waals surface area contributed by atoms with E-state index in [2.05, 4.69) is 0 Å². The van der Waals surface area contributed by atoms with E-state index in [0.29, 0.717) is 33.0 Å². The minimum Gasteiger partial charge on any atom is -0.206 e. The van der Waals surface area contributed by atoms with Crippen molar-refractivity contribution in [3.63, 3.8) is 0 Å². The molecular weight excluding hydrogens is 424 g/mol. The molecule has 0 N–H and O–H groups in total. The van der Waals surface area contributed by atoms with Gasteiger partial charge in [0.2, 0.25) is 0 Å². The quantitative estimate of drug-likeness (QED) is 0.216. The van der Waals surface area contributed by atoms with Gasteiger partial charge in [-0.2, -0.15) is 0 Å². The first-order valence-electron chi connectivity index (χ1n) is 10.0. The first kappa shape index (κ1) is 21.4. The lowest BCUT2D eigenvalue weighted by atomic mass is 9.96. The highest BCUT2D eigenvalue weighted by molar-refractivity contribution is 6.30. The van der Waals surface area contributed by atoms with Crippen molar-refractivity contribution in [2.75, 3.05) is 0 Å². The highest BCUT2D eigenvalue weighted by Crippen LogP contribution is 2.30. The first-order chi connectivity index (χ1) is 14.9. The van der Waals surface area contributed by atoms with Crippen LogP contribution in [0.25, 0.3) is 21.9 Å². The number of rotatable bonds is 5. The van der Waals surface area contributed by atoms with Gasteiger partial charge in [-0.1, -0.05) is 54.9 Å². The molecule has 0 bridgehead atoms. The maximum atomic E-state index is 15.1. The van der Waals surface area contributed by atoms with Gasteiger partial charge in [0.05, 0.1) is 0 Å². The lowest BCUT2D eigenvalue weighted by Crippen LogP contribution is -1.98. The Bertz CT molecular complexity index is 1260. The second-order valence-corrected chi connectivity index (χ2v) is 7.89. The molecule has 31 heavy (non-hydrogen) atoms. The summed E-state index contributed by atoms with van der Waals surface area (Å²) in [6.45, 7) is 1.96. The van der Waals surface area contributed by atoms with E-state index in [9.17, 15) is 13.2 Å². The largest absolute Gasteiger partial charge is 0.206 e. The van der Waals surface area contributed by atoms with Crippen LogP contribution in [0.15, 0.2) is 60.7 Å². The molecule has 0 unspecified atom stereocenters. The second kappa shape index (κ2) is 8.72. The molecule has 4 rings (SSSR count). The van der Waals surface area contributed by atoms with Crippen LogP contribution in [-0.4, -0.2) is 0 Å². The van der Waals surface area contributed by atoms with Gasteiger partial charge in [0, 0.05) is 10.9 Å². The van der Waals surface area contributed by atoms with Crippen LogP contribution in [0.5, 0.6) is 0 Å². The first-order valence-corrected chi connectivity index (χ1v) is 10.4. The number of fused-ring (bicyclic) bond motifs is 1. The zero-order chi connectivity index (χ0) is 22.1. The molecule has 0 aliphatic heterocycles. The van der Waals surface area contributed by atoms with Gasteiger partial charge in [-0.15, -0.1) is 0 Å². The number of hydrogen-bond donors (Lipinski definition) is 0. The summed E-state index contributed by atoms with van der Waals surface area (Å²) < 4.78 is 56.8. The number of hydrogen-bond acceptors (Lipinski definition) is 0. The van der Waals surface area contributed by atoms with Crippen molar-refractivity contribution in [2.24, 2.45) is 0 Å². The topological polar surface area (TPSA) is 0 Å². The summed E-state index contributed by atoms with van der Waals surface area (Å²) in [4.78, 5) is 0. The Hall–Kier alpha value is -2.85. The van der Waals surface area contributed by atoms with E-state index in [-0.39, 0.29) is 24.5 Å². The standard InChI is InChI=1S/C26H19ClF4/c1-2-15-4-9-20(22(28)11-15)18-8-10-21-19(14-18)7-6-17(26(21)31)5-3-16-12-23(29)25(27)24(30)13-16/h4,6-14H,2-3,5H2,1H3. The molecule has 0 spiro atoms. The normalized spacial score (nSPS) is 11.3. The summed E-state index contributed by atoms with van der Waals surface area (Å²) >= 11 is 5.51. The van der Waals surface area contributed by atoms with E-state index >= 15 is 4.39 Å². The molecular formula is C26H19ClF4. The van der Waals surface area contributed by atoms with Gasteiger partial charge in [0.1, 0.15) is 28.3 Å². The van der Waals surface area contributed by atoms with Crippen LogP contribution in [0, 0.1) is 23.3 Å². The summed E-state index contributed by atoms with van der Waals surface area (Å²) in [5.41, 5.74) is 2.90. The molecule has 0 aromatic heterocycles. The zero-order valence-electron chi connectivity index (χ0n) is 16.8. The average molecular weight is 443 g/mol. The van der Waals surface area contributed by atoms with Crippen molar-refractivity contribution in [1.29, 1.82) is 0 Å². The molecule has 0 amide bonds. The van der Waals surface area contributed by atoms with Gasteiger partial charge in [-0.05, 0) is 71.2 Å². The van der Waals surface area contributed by atoms with Gasteiger partial charge < -0.3 is 0 Å². The molecule has 4 aromatic rings. The summed E-state index contributed by atoms with van der Waals surface area (Å²) in [6.07, 6.45) is 1.29. The number of halogens is 5. The third-order valence-electron chi connectivity index (χ3n) is 5.51. The fraction of sp³-hybridized carbons (Fsp3) is 0.154. The third-order valence-corrected chi connectivity index (χ3v) is 5.87. The monoisotopic (exact) mass is 442 g/mol. The molecule has 0 saturated carbocycles. The van der Waals surface area contributed by atoms with Gasteiger partial charge in [-0.25, -0.2) is 17.6 Å². The Morgan fingerprint density at radius 1 is 0.710 bits per heavy atom. The van der Waals surface area contributed by atoms with Crippen LogP contribution in [0.2, 0.25) is 5.02 Å². The number of aryl methyl sites for hydroxylation is 3. The fourth-order valence-corrected chi connectivity index (χ4v) is 3.85. The van der Waals surface area contributed by atoms with Crippen LogP contribution in [-0.2, 0) is 19.3 Å². The van der Waals surface area contributed by atoms with Crippen molar-refractivity contribution >= 4 is 22.4 Å². The summed E-state index contributed by atoms with van der Waals surface area (Å²) in [6, 6.07) is 16.0. The molecule has 0 aliphatic rings.